The van der Waals surface area contributed by atoms with Gasteiger partial charge in [0.2, 0.25) is 4.96 Å². The van der Waals surface area contributed by atoms with Crippen molar-refractivity contribution in [2.45, 2.75) is 26.3 Å². The van der Waals surface area contributed by atoms with Crippen LogP contribution in [0.4, 0.5) is 0 Å². The molecule has 0 aliphatic heterocycles. The van der Waals surface area contributed by atoms with Crippen molar-refractivity contribution in [2.75, 3.05) is 0 Å². The van der Waals surface area contributed by atoms with Gasteiger partial charge in [-0.25, -0.2) is 9.50 Å². The Balaban J connectivity index is 1.96. The molecule has 0 aliphatic carbocycles. The van der Waals surface area contributed by atoms with Crippen LogP contribution in [0.5, 0.6) is 0 Å². The lowest BCUT2D eigenvalue weighted by atomic mass is 10.0. The lowest BCUT2D eigenvalue weighted by Gasteiger charge is -2.05. The standard InChI is InChI=1S/C14H16N4S/c1-9(2)10-3-5-11(6-4-10)12-8-18-14(16-12)19-13(7-15)17-18/h3-6,8-9H,7,15H2,1-2H3. The number of rotatable bonds is 3. The first-order valence-electron chi connectivity index (χ1n) is 6.33. The number of nitrogens with two attached hydrogens (primary N) is 1. The average Bonchev–Trinajstić information content (AvgIpc) is 2.96. The molecule has 0 saturated carbocycles. The molecule has 2 heterocycles. The van der Waals surface area contributed by atoms with Crippen LogP contribution in [0, 0.1) is 0 Å². The van der Waals surface area contributed by atoms with Crippen molar-refractivity contribution in [1.82, 2.24) is 14.6 Å². The molecule has 0 fully saturated rings. The van der Waals surface area contributed by atoms with Gasteiger partial charge in [0.25, 0.3) is 0 Å². The molecule has 4 nitrogen and oxygen atoms in total. The first-order chi connectivity index (χ1) is 9.17. The molecular formula is C14H16N4S. The van der Waals surface area contributed by atoms with E-state index in [1.54, 1.807) is 4.52 Å². The van der Waals surface area contributed by atoms with Crippen LogP contribution < -0.4 is 5.73 Å². The second-order valence-corrected chi connectivity index (χ2v) is 5.87. The highest BCUT2D eigenvalue weighted by Gasteiger charge is 2.09. The zero-order valence-corrected chi connectivity index (χ0v) is 11.8. The molecule has 3 aromatic rings. The fourth-order valence-electron chi connectivity index (χ4n) is 2.00. The van der Waals surface area contributed by atoms with E-state index < -0.39 is 0 Å². The third-order valence-electron chi connectivity index (χ3n) is 3.13. The molecule has 5 heteroatoms. The van der Waals surface area contributed by atoms with Crippen LogP contribution in [0.15, 0.2) is 30.5 Å². The first-order valence-corrected chi connectivity index (χ1v) is 7.14. The lowest BCUT2D eigenvalue weighted by Crippen LogP contribution is -1.95. The summed E-state index contributed by atoms with van der Waals surface area (Å²) in [6.45, 7) is 4.85. The van der Waals surface area contributed by atoms with Gasteiger partial charge in [-0.3, -0.25) is 0 Å². The summed E-state index contributed by atoms with van der Waals surface area (Å²) in [5.41, 5.74) is 8.99. The molecule has 0 spiro atoms. The minimum Gasteiger partial charge on any atom is -0.324 e. The molecule has 3 rings (SSSR count). The van der Waals surface area contributed by atoms with E-state index in [0.717, 1.165) is 21.2 Å². The summed E-state index contributed by atoms with van der Waals surface area (Å²) < 4.78 is 1.80. The summed E-state index contributed by atoms with van der Waals surface area (Å²) in [6.07, 6.45) is 1.95. The van der Waals surface area contributed by atoms with Gasteiger partial charge in [0.1, 0.15) is 5.01 Å². The van der Waals surface area contributed by atoms with Crippen LogP contribution in [0.3, 0.4) is 0 Å². The average molecular weight is 272 g/mol. The normalized spacial score (nSPS) is 11.6. The molecule has 0 saturated heterocycles. The second-order valence-electron chi connectivity index (χ2n) is 4.83. The van der Waals surface area contributed by atoms with Gasteiger partial charge in [0.15, 0.2) is 0 Å². The lowest BCUT2D eigenvalue weighted by molar-refractivity contribution is 0.867. The van der Waals surface area contributed by atoms with E-state index in [2.05, 4.69) is 48.2 Å². The van der Waals surface area contributed by atoms with Crippen LogP contribution in [0.25, 0.3) is 16.2 Å². The smallest absolute Gasteiger partial charge is 0.212 e. The quantitative estimate of drug-likeness (QED) is 0.797. The molecule has 19 heavy (non-hydrogen) atoms. The number of nitrogens with zero attached hydrogens (tertiary/aromatic N) is 3. The first kappa shape index (κ1) is 12.3. The van der Waals surface area contributed by atoms with E-state index in [-0.39, 0.29) is 0 Å². The summed E-state index contributed by atoms with van der Waals surface area (Å²) in [7, 11) is 0. The van der Waals surface area contributed by atoms with Gasteiger partial charge in [0, 0.05) is 12.1 Å². The van der Waals surface area contributed by atoms with E-state index >= 15 is 0 Å². The molecule has 1 aromatic carbocycles. The summed E-state index contributed by atoms with van der Waals surface area (Å²) in [5.74, 6) is 0.549. The zero-order chi connectivity index (χ0) is 13.4. The molecule has 0 aliphatic rings. The van der Waals surface area contributed by atoms with E-state index in [9.17, 15) is 0 Å². The summed E-state index contributed by atoms with van der Waals surface area (Å²) in [4.78, 5) is 5.48. The zero-order valence-electron chi connectivity index (χ0n) is 11.0. The van der Waals surface area contributed by atoms with Crippen molar-refractivity contribution >= 4 is 16.3 Å². The van der Waals surface area contributed by atoms with Crippen molar-refractivity contribution in [3.63, 3.8) is 0 Å². The van der Waals surface area contributed by atoms with Gasteiger partial charge in [-0.05, 0) is 11.5 Å². The Bertz CT molecular complexity index is 662. The van der Waals surface area contributed by atoms with Gasteiger partial charge in [-0.15, -0.1) is 0 Å². The van der Waals surface area contributed by atoms with E-state index in [1.807, 2.05) is 6.20 Å². The maximum absolute atomic E-state index is 5.57. The highest BCUT2D eigenvalue weighted by atomic mass is 32.1. The van der Waals surface area contributed by atoms with Crippen molar-refractivity contribution < 1.29 is 0 Å². The highest BCUT2D eigenvalue weighted by Crippen LogP contribution is 2.24. The van der Waals surface area contributed by atoms with Crippen molar-refractivity contribution in [3.8, 4) is 11.3 Å². The number of hydrogen-bond acceptors (Lipinski definition) is 4. The fourth-order valence-corrected chi connectivity index (χ4v) is 2.76. The molecule has 98 valence electrons. The number of imidazole rings is 1. The topological polar surface area (TPSA) is 56.2 Å². The maximum Gasteiger partial charge on any atom is 0.212 e. The molecule has 2 aromatic heterocycles. The van der Waals surface area contributed by atoms with Crippen molar-refractivity contribution in [3.05, 3.63) is 41.0 Å². The Labute approximate surface area is 115 Å². The largest absolute Gasteiger partial charge is 0.324 e. The Morgan fingerprint density at radius 3 is 2.58 bits per heavy atom. The molecule has 0 amide bonds. The number of aromatic nitrogens is 3. The van der Waals surface area contributed by atoms with Crippen molar-refractivity contribution in [1.29, 1.82) is 0 Å². The van der Waals surface area contributed by atoms with Gasteiger partial charge in [0.05, 0.1) is 11.9 Å². The Morgan fingerprint density at radius 1 is 1.26 bits per heavy atom. The second kappa shape index (κ2) is 4.75. The Hall–Kier alpha value is -1.72. The van der Waals surface area contributed by atoms with Crippen LogP contribution in [0.1, 0.15) is 30.3 Å². The SMILES string of the molecule is CC(C)c1ccc(-c2cn3nc(CN)sc3n2)cc1. The molecule has 0 atom stereocenters. The monoisotopic (exact) mass is 272 g/mol. The summed E-state index contributed by atoms with van der Waals surface area (Å²) >= 11 is 1.54. The van der Waals surface area contributed by atoms with Crippen molar-refractivity contribution in [2.24, 2.45) is 5.73 Å². The van der Waals surface area contributed by atoms with Crippen LogP contribution in [-0.2, 0) is 6.54 Å². The molecular weight excluding hydrogens is 256 g/mol. The van der Waals surface area contributed by atoms with Gasteiger partial charge >= 0.3 is 0 Å². The van der Waals surface area contributed by atoms with Gasteiger partial charge in [-0.1, -0.05) is 49.4 Å². The highest BCUT2D eigenvalue weighted by molar-refractivity contribution is 7.16. The predicted molar refractivity (Wildman–Crippen MR) is 78.3 cm³/mol. The van der Waals surface area contributed by atoms with Crippen LogP contribution in [-0.4, -0.2) is 14.6 Å². The minimum absolute atomic E-state index is 0.465. The fraction of sp³-hybridized carbons (Fsp3) is 0.286. The Morgan fingerprint density at radius 2 is 2.00 bits per heavy atom. The van der Waals surface area contributed by atoms with Gasteiger partial charge in [-0.2, -0.15) is 5.10 Å². The van der Waals surface area contributed by atoms with E-state index in [1.165, 1.54) is 16.9 Å². The molecule has 0 bridgehead atoms. The molecule has 0 radical (unpaired) electrons. The Kier molecular flexibility index (Phi) is 3.08. The van der Waals surface area contributed by atoms with Crippen LogP contribution >= 0.6 is 11.3 Å². The summed E-state index contributed by atoms with van der Waals surface area (Å²) in [6, 6.07) is 8.55. The minimum atomic E-state index is 0.465. The van der Waals surface area contributed by atoms with Gasteiger partial charge < -0.3 is 5.73 Å². The van der Waals surface area contributed by atoms with Crippen LogP contribution in [0.2, 0.25) is 0 Å². The van der Waals surface area contributed by atoms with E-state index in [4.69, 9.17) is 5.73 Å². The summed E-state index contributed by atoms with van der Waals surface area (Å²) in [5, 5.41) is 5.28. The molecule has 0 unspecified atom stereocenters. The van der Waals surface area contributed by atoms with E-state index in [0.29, 0.717) is 12.5 Å². The number of hydrogen-bond donors (Lipinski definition) is 1. The number of benzene rings is 1. The third kappa shape index (κ3) is 2.27. The predicted octanol–water partition coefficient (Wildman–Crippen LogP) is 3.04. The molecule has 2 N–H and O–H groups in total. The maximum atomic E-state index is 5.57. The third-order valence-corrected chi connectivity index (χ3v) is 4.08. The number of fused-ring (bicyclic) bond motifs is 1.